The summed E-state index contributed by atoms with van der Waals surface area (Å²) in [7, 11) is 0. The van der Waals surface area contributed by atoms with Crippen molar-refractivity contribution in [1.29, 1.82) is 0 Å². The molecule has 3 heteroatoms. The fourth-order valence-electron chi connectivity index (χ4n) is 1.63. The van der Waals surface area contributed by atoms with Gasteiger partial charge in [0.05, 0.1) is 0 Å². The molecule has 0 saturated carbocycles. The minimum Gasteiger partial charge on any atom is -0.353 e. The third-order valence-electron chi connectivity index (χ3n) is 2.56. The van der Waals surface area contributed by atoms with Gasteiger partial charge in [-0.3, -0.25) is 4.79 Å². The van der Waals surface area contributed by atoms with Gasteiger partial charge in [0.25, 0.3) is 0 Å². The van der Waals surface area contributed by atoms with Gasteiger partial charge in [0.15, 0.2) is 0 Å². The molecule has 0 unspecified atom stereocenters. The predicted octanol–water partition coefficient (Wildman–Crippen LogP) is 2.37. The fourth-order valence-corrected chi connectivity index (χ4v) is 2.61. The molecule has 0 aliphatic carbocycles. The number of aryl methyl sites for hydroxylation is 1. The lowest BCUT2D eigenvalue weighted by molar-refractivity contribution is -0.119. The smallest absolute Gasteiger partial charge is 0.220 e. The highest BCUT2D eigenvalue weighted by Gasteiger charge is 2.20. The molecule has 80 valence electrons. The molecule has 1 aliphatic heterocycles. The molecule has 1 heterocycles. The lowest BCUT2D eigenvalue weighted by Gasteiger charge is -2.09. The molecule has 2 rings (SSSR count). The van der Waals surface area contributed by atoms with Gasteiger partial charge in [-0.1, -0.05) is 17.7 Å². The molecule has 1 N–H and O–H groups in total. The van der Waals surface area contributed by atoms with E-state index in [2.05, 4.69) is 36.5 Å². The highest BCUT2D eigenvalue weighted by Crippen LogP contribution is 2.21. The number of hydrogen-bond acceptors (Lipinski definition) is 2. The number of amides is 1. The molecule has 1 aromatic carbocycles. The van der Waals surface area contributed by atoms with Crippen LogP contribution in [0.2, 0.25) is 0 Å². The molecular formula is C12H15NOS. The van der Waals surface area contributed by atoms with Crippen LogP contribution in [0.3, 0.4) is 0 Å². The molecule has 1 amide bonds. The van der Waals surface area contributed by atoms with Crippen LogP contribution < -0.4 is 5.32 Å². The molecule has 15 heavy (non-hydrogen) atoms. The van der Waals surface area contributed by atoms with E-state index in [9.17, 15) is 4.79 Å². The Hall–Kier alpha value is -0.960. The van der Waals surface area contributed by atoms with E-state index in [1.807, 2.05) is 11.8 Å². The summed E-state index contributed by atoms with van der Waals surface area (Å²) < 4.78 is 0. The Labute approximate surface area is 94.4 Å². The quantitative estimate of drug-likeness (QED) is 0.794. The van der Waals surface area contributed by atoms with Crippen molar-refractivity contribution >= 4 is 17.7 Å². The SMILES string of the molecule is Cc1ccc(SC[C@@H]2CCC(=O)N2)cc1. The molecule has 1 atom stereocenters. The topological polar surface area (TPSA) is 29.1 Å². The maximum Gasteiger partial charge on any atom is 0.220 e. The Morgan fingerprint density at radius 3 is 2.73 bits per heavy atom. The van der Waals surface area contributed by atoms with Crippen LogP contribution in [0.1, 0.15) is 18.4 Å². The molecule has 2 nitrogen and oxygen atoms in total. The van der Waals surface area contributed by atoms with E-state index in [0.29, 0.717) is 12.5 Å². The van der Waals surface area contributed by atoms with Crippen LogP contribution in [0.25, 0.3) is 0 Å². The molecule has 0 aromatic heterocycles. The van der Waals surface area contributed by atoms with Crippen LogP contribution in [-0.4, -0.2) is 17.7 Å². The zero-order chi connectivity index (χ0) is 10.7. The molecule has 1 fully saturated rings. The highest BCUT2D eigenvalue weighted by atomic mass is 32.2. The molecule has 0 spiro atoms. The summed E-state index contributed by atoms with van der Waals surface area (Å²) >= 11 is 1.81. The van der Waals surface area contributed by atoms with Crippen molar-refractivity contribution in [1.82, 2.24) is 5.32 Å². The minimum atomic E-state index is 0.199. The van der Waals surface area contributed by atoms with Crippen molar-refractivity contribution in [2.75, 3.05) is 5.75 Å². The molecule has 0 bridgehead atoms. The zero-order valence-electron chi connectivity index (χ0n) is 8.82. The number of benzene rings is 1. The number of carbonyl (C=O) groups excluding carboxylic acids is 1. The second-order valence-electron chi connectivity index (χ2n) is 3.93. The van der Waals surface area contributed by atoms with E-state index in [1.165, 1.54) is 10.5 Å². The second kappa shape index (κ2) is 4.71. The summed E-state index contributed by atoms with van der Waals surface area (Å²) in [5.41, 5.74) is 1.29. The van der Waals surface area contributed by atoms with Crippen molar-refractivity contribution in [2.45, 2.75) is 30.7 Å². The van der Waals surface area contributed by atoms with E-state index >= 15 is 0 Å². The Bertz CT molecular complexity index is 347. The first-order valence-electron chi connectivity index (χ1n) is 5.23. The van der Waals surface area contributed by atoms with Crippen LogP contribution in [0.15, 0.2) is 29.2 Å². The largest absolute Gasteiger partial charge is 0.353 e. The Morgan fingerprint density at radius 2 is 2.13 bits per heavy atom. The normalized spacial score (nSPS) is 20.3. The molecule has 1 aliphatic rings. The lowest BCUT2D eigenvalue weighted by Crippen LogP contribution is -2.27. The first kappa shape index (κ1) is 10.6. The average molecular weight is 221 g/mol. The summed E-state index contributed by atoms with van der Waals surface area (Å²) in [5, 5.41) is 2.98. The monoisotopic (exact) mass is 221 g/mol. The fraction of sp³-hybridized carbons (Fsp3) is 0.417. The maximum atomic E-state index is 11.0. The van der Waals surface area contributed by atoms with Gasteiger partial charge in [0.1, 0.15) is 0 Å². The Balaban J connectivity index is 1.83. The van der Waals surface area contributed by atoms with Crippen LogP contribution in [0.5, 0.6) is 0 Å². The van der Waals surface area contributed by atoms with Gasteiger partial charge < -0.3 is 5.32 Å². The molecule has 0 radical (unpaired) electrons. The van der Waals surface area contributed by atoms with E-state index in [0.717, 1.165) is 12.2 Å². The van der Waals surface area contributed by atoms with Crippen molar-refractivity contribution in [3.05, 3.63) is 29.8 Å². The highest BCUT2D eigenvalue weighted by molar-refractivity contribution is 7.99. The van der Waals surface area contributed by atoms with E-state index in [1.54, 1.807) is 0 Å². The summed E-state index contributed by atoms with van der Waals surface area (Å²) in [6, 6.07) is 8.88. The van der Waals surface area contributed by atoms with Crippen LogP contribution in [0.4, 0.5) is 0 Å². The van der Waals surface area contributed by atoms with E-state index in [-0.39, 0.29) is 5.91 Å². The predicted molar refractivity (Wildman–Crippen MR) is 63.1 cm³/mol. The van der Waals surface area contributed by atoms with Crippen LogP contribution >= 0.6 is 11.8 Å². The maximum absolute atomic E-state index is 11.0. The Morgan fingerprint density at radius 1 is 1.40 bits per heavy atom. The Kier molecular flexibility index (Phi) is 3.31. The molecule has 1 aromatic rings. The zero-order valence-corrected chi connectivity index (χ0v) is 9.64. The van der Waals surface area contributed by atoms with Gasteiger partial charge in [-0.05, 0) is 25.5 Å². The van der Waals surface area contributed by atoms with Gasteiger partial charge in [-0.25, -0.2) is 0 Å². The van der Waals surface area contributed by atoms with Gasteiger partial charge in [0.2, 0.25) is 5.91 Å². The first-order chi connectivity index (χ1) is 7.24. The van der Waals surface area contributed by atoms with Gasteiger partial charge in [-0.2, -0.15) is 0 Å². The van der Waals surface area contributed by atoms with E-state index < -0.39 is 0 Å². The number of hydrogen-bond donors (Lipinski definition) is 1. The van der Waals surface area contributed by atoms with Gasteiger partial charge in [0, 0.05) is 23.1 Å². The summed E-state index contributed by atoms with van der Waals surface area (Å²) in [6.07, 6.45) is 1.68. The van der Waals surface area contributed by atoms with E-state index in [4.69, 9.17) is 0 Å². The average Bonchev–Trinajstić information content (AvgIpc) is 2.64. The number of rotatable bonds is 3. The lowest BCUT2D eigenvalue weighted by atomic mass is 10.2. The number of nitrogens with one attached hydrogen (secondary N) is 1. The standard InChI is InChI=1S/C12H15NOS/c1-9-2-5-11(6-3-9)15-8-10-4-7-12(14)13-10/h2-3,5-6,10H,4,7-8H2,1H3,(H,13,14)/t10-/m0/s1. The van der Waals surface area contributed by atoms with Crippen molar-refractivity contribution < 1.29 is 4.79 Å². The second-order valence-corrected chi connectivity index (χ2v) is 5.02. The molecular weight excluding hydrogens is 206 g/mol. The summed E-state index contributed by atoms with van der Waals surface area (Å²) in [4.78, 5) is 12.3. The number of carbonyl (C=O) groups is 1. The third kappa shape index (κ3) is 2.99. The van der Waals surface area contributed by atoms with Crippen molar-refractivity contribution in [2.24, 2.45) is 0 Å². The van der Waals surface area contributed by atoms with Gasteiger partial charge in [-0.15, -0.1) is 11.8 Å². The summed E-state index contributed by atoms with van der Waals surface area (Å²) in [5.74, 6) is 1.18. The van der Waals surface area contributed by atoms with Crippen molar-refractivity contribution in [3.8, 4) is 0 Å². The van der Waals surface area contributed by atoms with Crippen molar-refractivity contribution in [3.63, 3.8) is 0 Å². The number of thioether (sulfide) groups is 1. The minimum absolute atomic E-state index is 0.199. The van der Waals surface area contributed by atoms with Gasteiger partial charge >= 0.3 is 0 Å². The summed E-state index contributed by atoms with van der Waals surface area (Å²) in [6.45, 7) is 2.09. The van der Waals surface area contributed by atoms with Crippen LogP contribution in [-0.2, 0) is 4.79 Å². The third-order valence-corrected chi connectivity index (χ3v) is 3.73. The molecule has 1 saturated heterocycles. The van der Waals surface area contributed by atoms with Crippen LogP contribution in [0, 0.1) is 6.92 Å². The first-order valence-corrected chi connectivity index (χ1v) is 6.21.